The summed E-state index contributed by atoms with van der Waals surface area (Å²) in [6.45, 7) is 5.06. The van der Waals surface area contributed by atoms with Gasteiger partial charge in [0, 0.05) is 18.1 Å². The van der Waals surface area contributed by atoms with E-state index in [1.807, 2.05) is 17.1 Å². The van der Waals surface area contributed by atoms with E-state index in [0.29, 0.717) is 0 Å². The Labute approximate surface area is 93.0 Å². The van der Waals surface area contributed by atoms with Crippen molar-refractivity contribution in [1.29, 1.82) is 0 Å². The average molecular weight is 222 g/mol. The molecule has 0 amide bonds. The second kappa shape index (κ2) is 4.44. The van der Waals surface area contributed by atoms with Gasteiger partial charge in [-0.3, -0.25) is 4.68 Å². The Morgan fingerprint density at radius 3 is 2.93 bits per heavy atom. The molecule has 0 aliphatic heterocycles. The van der Waals surface area contributed by atoms with Crippen LogP contribution < -0.4 is 5.32 Å². The minimum Gasteiger partial charge on any atom is -0.329 e. The van der Waals surface area contributed by atoms with Crippen LogP contribution in [0.3, 0.4) is 0 Å². The molecule has 2 aromatic rings. The van der Waals surface area contributed by atoms with Gasteiger partial charge in [-0.1, -0.05) is 6.92 Å². The first-order chi connectivity index (χ1) is 7.31. The lowest BCUT2D eigenvalue weighted by atomic mass is 10.4. The van der Waals surface area contributed by atoms with Crippen LogP contribution in [-0.4, -0.2) is 14.8 Å². The molecule has 0 atom stereocenters. The Balaban J connectivity index is 2.07. The third-order valence-electron chi connectivity index (χ3n) is 2.12. The van der Waals surface area contributed by atoms with Crippen molar-refractivity contribution in [2.45, 2.75) is 26.8 Å². The Bertz CT molecular complexity index is 392. The number of hydrogen-bond donors (Lipinski definition) is 1. The van der Waals surface area contributed by atoms with Crippen molar-refractivity contribution in [2.75, 3.05) is 5.32 Å². The van der Waals surface area contributed by atoms with Crippen LogP contribution in [0.4, 0.5) is 10.8 Å². The summed E-state index contributed by atoms with van der Waals surface area (Å²) in [7, 11) is 0. The van der Waals surface area contributed by atoms with Crippen LogP contribution in [0.1, 0.15) is 19.5 Å². The molecule has 0 aliphatic carbocycles. The molecule has 0 aromatic carbocycles. The highest BCUT2D eigenvalue weighted by atomic mass is 32.1. The van der Waals surface area contributed by atoms with Crippen molar-refractivity contribution in [1.82, 2.24) is 14.8 Å². The molecular formula is C10H14N4S. The standard InChI is InChI=1S/C10H14N4S/c1-3-8-7-15-10(12-8)13-9-5-11-14(4-2)6-9/h5-7H,3-4H2,1-2H3,(H,12,13). The first kappa shape index (κ1) is 10.2. The molecule has 5 heteroatoms. The first-order valence-corrected chi connectivity index (χ1v) is 5.93. The van der Waals surface area contributed by atoms with Crippen molar-refractivity contribution < 1.29 is 0 Å². The van der Waals surface area contributed by atoms with Crippen molar-refractivity contribution in [3.8, 4) is 0 Å². The van der Waals surface area contributed by atoms with Gasteiger partial charge < -0.3 is 5.32 Å². The molecule has 0 spiro atoms. The molecule has 0 unspecified atom stereocenters. The number of anilines is 2. The van der Waals surface area contributed by atoms with Gasteiger partial charge in [0.1, 0.15) is 0 Å². The minimum absolute atomic E-state index is 0.889. The maximum atomic E-state index is 4.43. The number of nitrogens with one attached hydrogen (secondary N) is 1. The van der Waals surface area contributed by atoms with Gasteiger partial charge in [0.2, 0.25) is 0 Å². The molecule has 0 fully saturated rings. The number of hydrogen-bond acceptors (Lipinski definition) is 4. The number of nitrogens with zero attached hydrogens (tertiary/aromatic N) is 3. The smallest absolute Gasteiger partial charge is 0.187 e. The fourth-order valence-corrected chi connectivity index (χ4v) is 2.07. The molecule has 2 heterocycles. The third-order valence-corrected chi connectivity index (χ3v) is 2.93. The van der Waals surface area contributed by atoms with Crippen LogP contribution in [0, 0.1) is 0 Å². The van der Waals surface area contributed by atoms with Crippen molar-refractivity contribution in [3.63, 3.8) is 0 Å². The summed E-state index contributed by atoms with van der Waals surface area (Å²) < 4.78 is 1.89. The Hall–Kier alpha value is -1.36. The maximum absolute atomic E-state index is 4.43. The zero-order valence-corrected chi connectivity index (χ0v) is 9.71. The highest BCUT2D eigenvalue weighted by Crippen LogP contribution is 2.20. The van der Waals surface area contributed by atoms with Crippen LogP contribution in [0.25, 0.3) is 0 Å². The van der Waals surface area contributed by atoms with Crippen LogP contribution in [0.2, 0.25) is 0 Å². The molecular weight excluding hydrogens is 208 g/mol. The molecule has 2 rings (SSSR count). The summed E-state index contributed by atoms with van der Waals surface area (Å²) >= 11 is 1.63. The predicted octanol–water partition coefficient (Wildman–Crippen LogP) is 2.67. The van der Waals surface area contributed by atoms with E-state index < -0.39 is 0 Å². The van der Waals surface area contributed by atoms with Gasteiger partial charge >= 0.3 is 0 Å². The van der Waals surface area contributed by atoms with E-state index in [9.17, 15) is 0 Å². The average Bonchev–Trinajstić information content (AvgIpc) is 2.87. The maximum Gasteiger partial charge on any atom is 0.187 e. The molecule has 0 saturated heterocycles. The first-order valence-electron chi connectivity index (χ1n) is 5.05. The summed E-state index contributed by atoms with van der Waals surface area (Å²) in [6, 6.07) is 0. The second-order valence-corrected chi connectivity index (χ2v) is 4.07. The van der Waals surface area contributed by atoms with E-state index in [2.05, 4.69) is 34.6 Å². The SMILES string of the molecule is CCc1csc(Nc2cnn(CC)c2)n1. The van der Waals surface area contributed by atoms with Crippen molar-refractivity contribution in [2.24, 2.45) is 0 Å². The molecule has 1 N–H and O–H groups in total. The van der Waals surface area contributed by atoms with E-state index in [4.69, 9.17) is 0 Å². The largest absolute Gasteiger partial charge is 0.329 e. The van der Waals surface area contributed by atoms with Gasteiger partial charge in [-0.2, -0.15) is 5.10 Å². The number of rotatable bonds is 4. The Morgan fingerprint density at radius 2 is 2.33 bits per heavy atom. The number of thiazole rings is 1. The third kappa shape index (κ3) is 2.36. The zero-order chi connectivity index (χ0) is 10.7. The molecule has 0 aliphatic rings. The van der Waals surface area contributed by atoms with Crippen LogP contribution in [-0.2, 0) is 13.0 Å². The van der Waals surface area contributed by atoms with Crippen molar-refractivity contribution >= 4 is 22.2 Å². The molecule has 0 radical (unpaired) electrons. The van der Waals surface area contributed by atoms with Gasteiger partial charge in [-0.25, -0.2) is 4.98 Å². The summed E-state index contributed by atoms with van der Waals surface area (Å²) in [4.78, 5) is 4.43. The van der Waals surface area contributed by atoms with Crippen LogP contribution in [0.15, 0.2) is 17.8 Å². The Morgan fingerprint density at radius 1 is 1.47 bits per heavy atom. The summed E-state index contributed by atoms with van der Waals surface area (Å²) in [5.74, 6) is 0. The second-order valence-electron chi connectivity index (χ2n) is 3.21. The van der Waals surface area contributed by atoms with E-state index in [0.717, 1.165) is 29.5 Å². The van der Waals surface area contributed by atoms with E-state index in [-0.39, 0.29) is 0 Å². The van der Waals surface area contributed by atoms with Gasteiger partial charge in [0.25, 0.3) is 0 Å². The van der Waals surface area contributed by atoms with Gasteiger partial charge in [-0.15, -0.1) is 11.3 Å². The lowest BCUT2D eigenvalue weighted by Gasteiger charge is -1.96. The quantitative estimate of drug-likeness (QED) is 0.864. The molecule has 4 nitrogen and oxygen atoms in total. The number of aromatic nitrogens is 3. The monoisotopic (exact) mass is 222 g/mol. The van der Waals surface area contributed by atoms with Crippen LogP contribution >= 0.6 is 11.3 Å². The molecule has 80 valence electrons. The lowest BCUT2D eigenvalue weighted by Crippen LogP contribution is -1.92. The van der Waals surface area contributed by atoms with Gasteiger partial charge in [0.05, 0.1) is 17.6 Å². The number of aryl methyl sites for hydroxylation is 2. The van der Waals surface area contributed by atoms with Crippen LogP contribution in [0.5, 0.6) is 0 Å². The molecule has 15 heavy (non-hydrogen) atoms. The van der Waals surface area contributed by atoms with E-state index in [1.165, 1.54) is 0 Å². The summed E-state index contributed by atoms with van der Waals surface area (Å²) in [5, 5.41) is 10.4. The zero-order valence-electron chi connectivity index (χ0n) is 8.90. The summed E-state index contributed by atoms with van der Waals surface area (Å²) in [5.41, 5.74) is 2.12. The molecule has 0 bridgehead atoms. The lowest BCUT2D eigenvalue weighted by molar-refractivity contribution is 0.660. The predicted molar refractivity (Wildman–Crippen MR) is 62.7 cm³/mol. The Kier molecular flexibility index (Phi) is 3.01. The van der Waals surface area contributed by atoms with Gasteiger partial charge in [-0.05, 0) is 13.3 Å². The fourth-order valence-electron chi connectivity index (χ4n) is 1.25. The molecule has 2 aromatic heterocycles. The van der Waals surface area contributed by atoms with Gasteiger partial charge in [0.15, 0.2) is 5.13 Å². The highest BCUT2D eigenvalue weighted by molar-refractivity contribution is 7.13. The highest BCUT2D eigenvalue weighted by Gasteiger charge is 2.02. The summed E-state index contributed by atoms with van der Waals surface area (Å²) in [6.07, 6.45) is 4.77. The fraction of sp³-hybridized carbons (Fsp3) is 0.400. The molecule has 0 saturated carbocycles. The minimum atomic E-state index is 0.889. The normalized spacial score (nSPS) is 10.5. The van der Waals surface area contributed by atoms with E-state index >= 15 is 0 Å². The van der Waals surface area contributed by atoms with E-state index in [1.54, 1.807) is 11.3 Å². The van der Waals surface area contributed by atoms with Crippen molar-refractivity contribution in [3.05, 3.63) is 23.5 Å². The topological polar surface area (TPSA) is 42.7 Å².